The molecule has 0 aromatic heterocycles. The summed E-state index contributed by atoms with van der Waals surface area (Å²) in [6, 6.07) is 14.7. The number of Topliss-reactive ketones (excluding diaryl/α,β-unsaturated/α-hetero) is 1. The van der Waals surface area contributed by atoms with Crippen LogP contribution >= 0.6 is 15.9 Å². The molecule has 1 aliphatic rings. The van der Waals surface area contributed by atoms with Crippen LogP contribution in [-0.4, -0.2) is 5.78 Å². The van der Waals surface area contributed by atoms with E-state index in [1.165, 1.54) is 6.07 Å². The van der Waals surface area contributed by atoms with Crippen LogP contribution in [0.4, 0.5) is 4.39 Å². The van der Waals surface area contributed by atoms with Gasteiger partial charge in [0.2, 0.25) is 0 Å². The third kappa shape index (κ3) is 2.42. The van der Waals surface area contributed by atoms with Gasteiger partial charge < -0.3 is 0 Å². The normalized spacial score (nSPS) is 15.9. The van der Waals surface area contributed by atoms with E-state index in [2.05, 4.69) is 15.9 Å². The quantitative estimate of drug-likeness (QED) is 0.809. The topological polar surface area (TPSA) is 17.1 Å². The Balaban J connectivity index is 1.83. The number of rotatable bonds is 4. The molecule has 1 aliphatic carbocycles. The highest BCUT2D eigenvalue weighted by atomic mass is 79.9. The standard InChI is InChI=1S/C17H14BrFO/c18-14-7-6-12(15(19)11-14)10-16(20)17(8-9-17)13-4-2-1-3-5-13/h1-7,11H,8-10H2. The maximum absolute atomic E-state index is 13.8. The lowest BCUT2D eigenvalue weighted by Gasteiger charge is -2.14. The molecule has 0 N–H and O–H groups in total. The van der Waals surface area contributed by atoms with Crippen molar-refractivity contribution in [2.75, 3.05) is 0 Å². The van der Waals surface area contributed by atoms with Crippen molar-refractivity contribution in [2.45, 2.75) is 24.7 Å². The first kappa shape index (κ1) is 13.5. The van der Waals surface area contributed by atoms with E-state index in [1.54, 1.807) is 12.1 Å². The summed E-state index contributed by atoms with van der Waals surface area (Å²) in [5, 5.41) is 0. The van der Waals surface area contributed by atoms with E-state index in [-0.39, 0.29) is 23.4 Å². The Morgan fingerprint density at radius 2 is 1.85 bits per heavy atom. The Labute approximate surface area is 126 Å². The molecule has 1 fully saturated rings. The maximum Gasteiger partial charge on any atom is 0.147 e. The van der Waals surface area contributed by atoms with Gasteiger partial charge >= 0.3 is 0 Å². The summed E-state index contributed by atoms with van der Waals surface area (Å²) in [7, 11) is 0. The van der Waals surface area contributed by atoms with Crippen LogP contribution in [0.25, 0.3) is 0 Å². The highest BCUT2D eigenvalue weighted by molar-refractivity contribution is 9.10. The lowest BCUT2D eigenvalue weighted by atomic mass is 9.88. The van der Waals surface area contributed by atoms with Crippen LogP contribution in [-0.2, 0) is 16.6 Å². The zero-order valence-corrected chi connectivity index (χ0v) is 12.5. The largest absolute Gasteiger partial charge is 0.298 e. The van der Waals surface area contributed by atoms with Gasteiger partial charge in [-0.2, -0.15) is 0 Å². The van der Waals surface area contributed by atoms with Gasteiger partial charge in [0, 0.05) is 10.9 Å². The minimum absolute atomic E-state index is 0.116. The van der Waals surface area contributed by atoms with Gasteiger partial charge in [0.25, 0.3) is 0 Å². The second kappa shape index (κ2) is 5.13. The molecule has 102 valence electrons. The molecule has 1 nitrogen and oxygen atoms in total. The van der Waals surface area contributed by atoms with Crippen molar-refractivity contribution in [3.8, 4) is 0 Å². The summed E-state index contributed by atoms with van der Waals surface area (Å²) < 4.78 is 14.5. The van der Waals surface area contributed by atoms with Crippen LogP contribution in [0.15, 0.2) is 53.0 Å². The first-order valence-electron chi connectivity index (χ1n) is 6.65. The fraction of sp³-hybridized carbons (Fsp3) is 0.235. The van der Waals surface area contributed by atoms with E-state index < -0.39 is 0 Å². The second-order valence-electron chi connectivity index (χ2n) is 5.28. The maximum atomic E-state index is 13.8. The molecule has 3 heteroatoms. The van der Waals surface area contributed by atoms with E-state index in [1.807, 2.05) is 30.3 Å². The molecule has 3 rings (SSSR count). The number of ketones is 1. The summed E-state index contributed by atoms with van der Waals surface area (Å²) in [4.78, 5) is 12.6. The average Bonchev–Trinajstić information content (AvgIpc) is 3.24. The predicted molar refractivity (Wildman–Crippen MR) is 80.2 cm³/mol. The van der Waals surface area contributed by atoms with Crippen LogP contribution in [0.1, 0.15) is 24.0 Å². The average molecular weight is 333 g/mol. The zero-order valence-electron chi connectivity index (χ0n) is 10.9. The van der Waals surface area contributed by atoms with Crippen LogP contribution < -0.4 is 0 Å². The Bertz CT molecular complexity index is 647. The van der Waals surface area contributed by atoms with Gasteiger partial charge in [-0.25, -0.2) is 4.39 Å². The molecule has 0 radical (unpaired) electrons. The highest BCUT2D eigenvalue weighted by Crippen LogP contribution is 2.49. The fourth-order valence-electron chi connectivity index (χ4n) is 2.62. The lowest BCUT2D eigenvalue weighted by molar-refractivity contribution is -0.120. The smallest absolute Gasteiger partial charge is 0.147 e. The number of carbonyl (C=O) groups is 1. The Morgan fingerprint density at radius 1 is 1.15 bits per heavy atom. The third-order valence-electron chi connectivity index (χ3n) is 3.98. The van der Waals surface area contributed by atoms with Crippen molar-refractivity contribution in [1.82, 2.24) is 0 Å². The number of hydrogen-bond donors (Lipinski definition) is 0. The second-order valence-corrected chi connectivity index (χ2v) is 6.20. The summed E-state index contributed by atoms with van der Waals surface area (Å²) in [6.07, 6.45) is 1.90. The number of carbonyl (C=O) groups excluding carboxylic acids is 1. The molecule has 2 aromatic carbocycles. The molecular formula is C17H14BrFO. The van der Waals surface area contributed by atoms with Crippen LogP contribution in [0.2, 0.25) is 0 Å². The molecule has 0 spiro atoms. The molecule has 0 amide bonds. The Hall–Kier alpha value is -1.48. The summed E-state index contributed by atoms with van der Waals surface area (Å²) >= 11 is 3.23. The molecule has 0 atom stereocenters. The van der Waals surface area contributed by atoms with Gasteiger partial charge in [-0.05, 0) is 36.1 Å². The fourth-order valence-corrected chi connectivity index (χ4v) is 2.95. The van der Waals surface area contributed by atoms with Gasteiger partial charge in [0.15, 0.2) is 0 Å². The first-order chi connectivity index (χ1) is 9.62. The van der Waals surface area contributed by atoms with E-state index in [0.29, 0.717) is 10.0 Å². The summed E-state index contributed by atoms with van der Waals surface area (Å²) in [6.45, 7) is 0. The zero-order chi connectivity index (χ0) is 14.2. The van der Waals surface area contributed by atoms with Crippen molar-refractivity contribution < 1.29 is 9.18 Å². The lowest BCUT2D eigenvalue weighted by Crippen LogP contribution is -2.22. The molecule has 0 unspecified atom stereocenters. The highest BCUT2D eigenvalue weighted by Gasteiger charge is 2.50. The number of benzene rings is 2. The molecule has 2 aromatic rings. The number of halogens is 2. The Kier molecular flexibility index (Phi) is 3.47. The van der Waals surface area contributed by atoms with Crippen molar-refractivity contribution >= 4 is 21.7 Å². The van der Waals surface area contributed by atoms with Crippen molar-refractivity contribution in [2.24, 2.45) is 0 Å². The summed E-state index contributed by atoms with van der Waals surface area (Å²) in [5.41, 5.74) is 1.16. The minimum Gasteiger partial charge on any atom is -0.298 e. The number of hydrogen-bond acceptors (Lipinski definition) is 1. The van der Waals surface area contributed by atoms with E-state index in [4.69, 9.17) is 0 Å². The van der Waals surface area contributed by atoms with Gasteiger partial charge in [-0.3, -0.25) is 4.79 Å². The molecule has 0 aliphatic heterocycles. The predicted octanol–water partition coefficient (Wildman–Crippen LogP) is 4.43. The molecule has 1 saturated carbocycles. The molecule has 0 bridgehead atoms. The SMILES string of the molecule is O=C(Cc1ccc(Br)cc1F)C1(c2ccccc2)CC1. The van der Waals surface area contributed by atoms with Crippen LogP contribution in [0.3, 0.4) is 0 Å². The van der Waals surface area contributed by atoms with Crippen molar-refractivity contribution in [3.63, 3.8) is 0 Å². The molecule has 0 heterocycles. The van der Waals surface area contributed by atoms with Crippen molar-refractivity contribution in [3.05, 3.63) is 69.9 Å². The van der Waals surface area contributed by atoms with E-state index in [9.17, 15) is 9.18 Å². The van der Waals surface area contributed by atoms with Crippen molar-refractivity contribution in [1.29, 1.82) is 0 Å². The van der Waals surface area contributed by atoms with E-state index in [0.717, 1.165) is 18.4 Å². The van der Waals surface area contributed by atoms with E-state index >= 15 is 0 Å². The molecule has 0 saturated heterocycles. The van der Waals surface area contributed by atoms with Crippen LogP contribution in [0.5, 0.6) is 0 Å². The minimum atomic E-state index is -0.374. The first-order valence-corrected chi connectivity index (χ1v) is 7.44. The molecule has 20 heavy (non-hydrogen) atoms. The molecular weight excluding hydrogens is 319 g/mol. The summed E-state index contributed by atoms with van der Waals surface area (Å²) in [5.74, 6) is -0.207. The van der Waals surface area contributed by atoms with Gasteiger partial charge in [-0.1, -0.05) is 52.3 Å². The van der Waals surface area contributed by atoms with Crippen LogP contribution in [0, 0.1) is 5.82 Å². The van der Waals surface area contributed by atoms with Gasteiger partial charge in [0.05, 0.1) is 5.41 Å². The monoisotopic (exact) mass is 332 g/mol. The van der Waals surface area contributed by atoms with Gasteiger partial charge in [-0.15, -0.1) is 0 Å². The van der Waals surface area contributed by atoms with Gasteiger partial charge in [0.1, 0.15) is 11.6 Å². The Morgan fingerprint density at radius 3 is 2.45 bits per heavy atom. The third-order valence-corrected chi connectivity index (χ3v) is 4.47.